The van der Waals surface area contributed by atoms with Crippen LogP contribution in [0.4, 0.5) is 5.69 Å². The van der Waals surface area contributed by atoms with Gasteiger partial charge in [-0.1, -0.05) is 36.4 Å². The summed E-state index contributed by atoms with van der Waals surface area (Å²) >= 11 is 0. The smallest absolute Gasteiger partial charge is 0.261 e. The minimum atomic E-state index is -0.330. The molecule has 3 amide bonds. The molecular weight excluding hydrogens is 418 g/mol. The average molecular weight is 444 g/mol. The van der Waals surface area contributed by atoms with Crippen LogP contribution in [0, 0.1) is 0 Å². The van der Waals surface area contributed by atoms with E-state index in [9.17, 15) is 14.4 Å². The number of benzene rings is 3. The van der Waals surface area contributed by atoms with E-state index in [0.717, 1.165) is 18.7 Å². The maximum absolute atomic E-state index is 12.8. The zero-order valence-corrected chi connectivity index (χ0v) is 18.3. The fraction of sp³-hybridized carbons (Fsp3) is 0.192. The predicted octanol–water partition coefficient (Wildman–Crippen LogP) is 3.72. The van der Waals surface area contributed by atoms with Crippen LogP contribution in [0.15, 0.2) is 72.8 Å². The van der Waals surface area contributed by atoms with Gasteiger partial charge in [-0.05, 0) is 48.4 Å². The van der Waals surface area contributed by atoms with Crippen molar-refractivity contribution in [1.29, 1.82) is 0 Å². The summed E-state index contributed by atoms with van der Waals surface area (Å²) in [6.45, 7) is 1.29. The fourth-order valence-corrected chi connectivity index (χ4v) is 3.77. The molecule has 0 saturated heterocycles. The van der Waals surface area contributed by atoms with Crippen molar-refractivity contribution in [3.05, 3.63) is 95.1 Å². The normalized spacial score (nSPS) is 12.5. The topological polar surface area (TPSA) is 87.7 Å². The Labute approximate surface area is 192 Å². The van der Waals surface area contributed by atoms with Crippen molar-refractivity contribution < 1.29 is 19.1 Å². The summed E-state index contributed by atoms with van der Waals surface area (Å²) in [5, 5.41) is 6.21. The summed E-state index contributed by atoms with van der Waals surface area (Å²) in [6, 6.07) is 21.7. The Morgan fingerprint density at radius 3 is 2.21 bits per heavy atom. The van der Waals surface area contributed by atoms with Crippen LogP contribution < -0.4 is 15.4 Å². The maximum Gasteiger partial charge on any atom is 0.261 e. The number of imide groups is 1. The predicted molar refractivity (Wildman–Crippen MR) is 126 cm³/mol. The molecule has 2 N–H and O–H groups in total. The van der Waals surface area contributed by atoms with E-state index in [0.29, 0.717) is 34.5 Å². The monoisotopic (exact) mass is 443 g/mol. The Kier molecular flexibility index (Phi) is 6.69. The van der Waals surface area contributed by atoms with Crippen LogP contribution in [-0.2, 0) is 6.54 Å². The second-order valence-electron chi connectivity index (χ2n) is 7.68. The van der Waals surface area contributed by atoms with Gasteiger partial charge in [-0.15, -0.1) is 0 Å². The molecule has 7 heteroatoms. The molecule has 0 bridgehead atoms. The summed E-state index contributed by atoms with van der Waals surface area (Å²) in [6.07, 6.45) is 0.748. The number of anilines is 1. The summed E-state index contributed by atoms with van der Waals surface area (Å²) in [5.41, 5.74) is 2.87. The number of para-hydroxylation sites is 1. The lowest BCUT2D eigenvalue weighted by Crippen LogP contribution is -2.29. The third kappa shape index (κ3) is 4.87. The lowest BCUT2D eigenvalue weighted by atomic mass is 10.1. The van der Waals surface area contributed by atoms with Gasteiger partial charge < -0.3 is 15.4 Å². The van der Waals surface area contributed by atoms with Crippen molar-refractivity contribution in [3.63, 3.8) is 0 Å². The number of methoxy groups -OCH3 is 1. The zero-order valence-electron chi connectivity index (χ0n) is 18.3. The number of amides is 3. The van der Waals surface area contributed by atoms with Crippen LogP contribution in [0.3, 0.4) is 0 Å². The molecule has 3 aromatic rings. The number of carbonyl (C=O) groups excluding carboxylic acids is 3. The number of fused-ring (bicyclic) bond motifs is 1. The molecule has 1 aliphatic rings. The van der Waals surface area contributed by atoms with Gasteiger partial charge in [0.2, 0.25) is 0 Å². The molecule has 0 saturated carbocycles. The largest absolute Gasteiger partial charge is 0.496 e. The van der Waals surface area contributed by atoms with E-state index in [4.69, 9.17) is 4.74 Å². The molecule has 3 aromatic carbocycles. The van der Waals surface area contributed by atoms with Crippen LogP contribution in [0.25, 0.3) is 0 Å². The minimum Gasteiger partial charge on any atom is -0.496 e. The van der Waals surface area contributed by atoms with Crippen molar-refractivity contribution in [1.82, 2.24) is 10.2 Å². The molecule has 0 spiro atoms. The Morgan fingerprint density at radius 2 is 1.55 bits per heavy atom. The number of hydrogen-bond donors (Lipinski definition) is 2. The molecule has 0 fully saturated rings. The molecular formula is C26H25N3O4. The van der Waals surface area contributed by atoms with Crippen molar-refractivity contribution >= 4 is 23.4 Å². The summed E-state index contributed by atoms with van der Waals surface area (Å²) < 4.78 is 5.35. The number of ether oxygens (including phenoxy) is 1. The highest BCUT2D eigenvalue weighted by atomic mass is 16.5. The maximum atomic E-state index is 12.8. The second-order valence-corrected chi connectivity index (χ2v) is 7.68. The first-order chi connectivity index (χ1) is 16.1. The number of rotatable bonds is 9. The Balaban J connectivity index is 1.38. The zero-order chi connectivity index (χ0) is 23.2. The fourth-order valence-electron chi connectivity index (χ4n) is 3.77. The molecule has 0 aromatic heterocycles. The van der Waals surface area contributed by atoms with E-state index in [1.807, 2.05) is 30.3 Å². The SMILES string of the molecule is COc1ccc(CN2C(=O)c3ccccc3C2=O)cc1C(=O)NCCCNc1ccccc1. The van der Waals surface area contributed by atoms with E-state index < -0.39 is 0 Å². The van der Waals surface area contributed by atoms with Gasteiger partial charge in [-0.25, -0.2) is 0 Å². The molecule has 4 rings (SSSR count). The average Bonchev–Trinajstić information content (AvgIpc) is 3.09. The molecule has 7 nitrogen and oxygen atoms in total. The van der Waals surface area contributed by atoms with E-state index in [-0.39, 0.29) is 24.3 Å². The standard InChI is InChI=1S/C26H25N3O4/c1-33-23-13-12-18(17-29-25(31)20-10-5-6-11-21(20)26(29)32)16-22(23)24(30)28-15-7-14-27-19-8-3-2-4-9-19/h2-6,8-13,16,27H,7,14-15,17H2,1H3,(H,28,30). The van der Waals surface area contributed by atoms with E-state index in [1.165, 1.54) is 12.0 Å². The highest BCUT2D eigenvalue weighted by Crippen LogP contribution is 2.26. The van der Waals surface area contributed by atoms with Gasteiger partial charge >= 0.3 is 0 Å². The molecule has 0 atom stereocenters. The van der Waals surface area contributed by atoms with E-state index in [1.54, 1.807) is 42.5 Å². The summed E-state index contributed by atoms with van der Waals surface area (Å²) in [7, 11) is 1.50. The molecule has 168 valence electrons. The number of hydrogen-bond acceptors (Lipinski definition) is 5. The lowest BCUT2D eigenvalue weighted by molar-refractivity contribution is 0.0642. The van der Waals surface area contributed by atoms with Crippen molar-refractivity contribution in [3.8, 4) is 5.75 Å². The lowest BCUT2D eigenvalue weighted by Gasteiger charge is -2.16. The van der Waals surface area contributed by atoms with E-state index >= 15 is 0 Å². The summed E-state index contributed by atoms with van der Waals surface area (Å²) in [5.74, 6) is -0.497. The number of nitrogens with zero attached hydrogens (tertiary/aromatic N) is 1. The third-order valence-corrected chi connectivity index (χ3v) is 5.47. The van der Waals surface area contributed by atoms with Crippen molar-refractivity contribution in [2.24, 2.45) is 0 Å². The third-order valence-electron chi connectivity index (χ3n) is 5.47. The molecule has 0 radical (unpaired) electrons. The molecule has 1 heterocycles. The van der Waals surface area contributed by atoms with Crippen LogP contribution in [0.5, 0.6) is 5.75 Å². The molecule has 0 unspecified atom stereocenters. The first-order valence-corrected chi connectivity index (χ1v) is 10.8. The van der Waals surface area contributed by atoms with Crippen LogP contribution >= 0.6 is 0 Å². The quantitative estimate of drug-likeness (QED) is 0.389. The number of nitrogens with one attached hydrogen (secondary N) is 2. The van der Waals surface area contributed by atoms with Gasteiger partial charge in [0.15, 0.2) is 0 Å². The molecule has 33 heavy (non-hydrogen) atoms. The van der Waals surface area contributed by atoms with Gasteiger partial charge in [0.1, 0.15) is 5.75 Å². The van der Waals surface area contributed by atoms with Crippen LogP contribution in [0.1, 0.15) is 43.1 Å². The first-order valence-electron chi connectivity index (χ1n) is 10.8. The van der Waals surface area contributed by atoms with Gasteiger partial charge in [0.25, 0.3) is 17.7 Å². The Morgan fingerprint density at radius 1 is 0.879 bits per heavy atom. The Bertz CT molecular complexity index is 1140. The Hall–Kier alpha value is -4.13. The van der Waals surface area contributed by atoms with Crippen LogP contribution in [0.2, 0.25) is 0 Å². The van der Waals surface area contributed by atoms with Crippen molar-refractivity contribution in [2.45, 2.75) is 13.0 Å². The second kappa shape index (κ2) is 9.99. The molecule has 0 aliphatic carbocycles. The first kappa shape index (κ1) is 22.1. The van der Waals surface area contributed by atoms with Gasteiger partial charge in [0, 0.05) is 18.8 Å². The van der Waals surface area contributed by atoms with E-state index in [2.05, 4.69) is 10.6 Å². The van der Waals surface area contributed by atoms with Gasteiger partial charge in [-0.2, -0.15) is 0 Å². The molecule has 1 aliphatic heterocycles. The summed E-state index contributed by atoms with van der Waals surface area (Å²) in [4.78, 5) is 39.3. The van der Waals surface area contributed by atoms with Gasteiger partial charge in [0.05, 0.1) is 30.3 Å². The van der Waals surface area contributed by atoms with Gasteiger partial charge in [-0.3, -0.25) is 19.3 Å². The van der Waals surface area contributed by atoms with Crippen LogP contribution in [-0.4, -0.2) is 42.8 Å². The highest BCUT2D eigenvalue weighted by molar-refractivity contribution is 6.21. The number of carbonyl (C=O) groups is 3. The highest BCUT2D eigenvalue weighted by Gasteiger charge is 2.35. The van der Waals surface area contributed by atoms with Crippen molar-refractivity contribution in [2.75, 3.05) is 25.5 Å². The minimum absolute atomic E-state index is 0.0810.